The van der Waals surface area contributed by atoms with Crippen LogP contribution in [0.5, 0.6) is 0 Å². The number of hydrogen-bond donors (Lipinski definition) is 0. The Morgan fingerprint density at radius 2 is 1.71 bits per heavy atom. The van der Waals surface area contributed by atoms with Gasteiger partial charge in [0.15, 0.2) is 6.10 Å². The molecule has 0 N–H and O–H groups in total. The molecule has 0 aliphatic carbocycles. The zero-order valence-electron chi connectivity index (χ0n) is 17.5. The molecule has 8 heteroatoms. The van der Waals surface area contributed by atoms with Crippen molar-refractivity contribution in [1.82, 2.24) is 4.31 Å². The van der Waals surface area contributed by atoms with Crippen LogP contribution >= 0.6 is 0 Å². The topological polar surface area (TPSA) is 84.0 Å². The third-order valence-corrected chi connectivity index (χ3v) is 7.70. The molecule has 1 unspecified atom stereocenters. The first-order valence-corrected chi connectivity index (χ1v) is 12.0. The lowest BCUT2D eigenvalue weighted by molar-refractivity contribution is -0.126. The van der Waals surface area contributed by atoms with Crippen molar-refractivity contribution in [3.8, 4) is 0 Å². The zero-order valence-corrected chi connectivity index (χ0v) is 18.3. The first-order valence-electron chi connectivity index (χ1n) is 10.6. The molecule has 2 aromatic carbocycles. The number of anilines is 1. The number of esters is 1. The van der Waals surface area contributed by atoms with E-state index in [2.05, 4.69) is 0 Å². The van der Waals surface area contributed by atoms with Gasteiger partial charge in [-0.3, -0.25) is 4.79 Å². The molecular weight excluding hydrogens is 416 g/mol. The molecule has 1 saturated heterocycles. The van der Waals surface area contributed by atoms with Crippen LogP contribution in [-0.4, -0.2) is 50.3 Å². The van der Waals surface area contributed by atoms with Crippen molar-refractivity contribution in [2.75, 3.05) is 24.5 Å². The molecule has 1 amide bonds. The Kier molecular flexibility index (Phi) is 6.11. The van der Waals surface area contributed by atoms with E-state index in [0.29, 0.717) is 19.6 Å². The van der Waals surface area contributed by atoms with Gasteiger partial charge in [-0.25, -0.2) is 13.2 Å². The molecular formula is C23H26N2O5S. The molecule has 4 rings (SSSR count). The van der Waals surface area contributed by atoms with Gasteiger partial charge < -0.3 is 9.64 Å². The minimum Gasteiger partial charge on any atom is -0.449 e. The lowest BCUT2D eigenvalue weighted by Gasteiger charge is -2.26. The van der Waals surface area contributed by atoms with Gasteiger partial charge >= 0.3 is 5.97 Å². The van der Waals surface area contributed by atoms with Gasteiger partial charge in [-0.05, 0) is 56.0 Å². The third-order valence-electron chi connectivity index (χ3n) is 5.81. The van der Waals surface area contributed by atoms with Gasteiger partial charge in [0.2, 0.25) is 10.0 Å². The number of carbonyl (C=O) groups is 2. The average Bonchev–Trinajstić information content (AvgIpc) is 3.23. The fourth-order valence-corrected chi connectivity index (χ4v) is 5.67. The van der Waals surface area contributed by atoms with E-state index >= 15 is 0 Å². The van der Waals surface area contributed by atoms with Gasteiger partial charge in [-0.1, -0.05) is 30.7 Å². The van der Waals surface area contributed by atoms with Crippen molar-refractivity contribution in [3.63, 3.8) is 0 Å². The quantitative estimate of drug-likeness (QED) is 0.665. The highest BCUT2D eigenvalue weighted by atomic mass is 32.2. The number of hydrogen-bond acceptors (Lipinski definition) is 5. The number of para-hydroxylation sites is 1. The van der Waals surface area contributed by atoms with E-state index in [4.69, 9.17) is 4.74 Å². The Hall–Kier alpha value is -2.71. The second-order valence-corrected chi connectivity index (χ2v) is 9.85. The molecule has 164 valence electrons. The Bertz CT molecular complexity index is 1090. The molecule has 0 spiro atoms. The van der Waals surface area contributed by atoms with Crippen LogP contribution in [0.3, 0.4) is 0 Å². The van der Waals surface area contributed by atoms with E-state index in [-0.39, 0.29) is 16.4 Å². The standard InChI is InChI=1S/C23H26N2O5S/c1-17(22(26)25-15-12-18-8-3-4-11-21(18)25)30-23(27)19-9-7-10-20(16-19)31(28,29)24-13-5-2-6-14-24/h3-4,7-11,16-17H,2,5-6,12-15H2,1H3. The largest absolute Gasteiger partial charge is 0.449 e. The summed E-state index contributed by atoms with van der Waals surface area (Å²) in [5.41, 5.74) is 2.04. The number of carbonyl (C=O) groups excluding carboxylic acids is 2. The minimum absolute atomic E-state index is 0.0660. The molecule has 0 bridgehead atoms. The summed E-state index contributed by atoms with van der Waals surface area (Å²) in [5.74, 6) is -1.01. The van der Waals surface area contributed by atoms with E-state index in [1.807, 2.05) is 24.3 Å². The minimum atomic E-state index is -3.66. The van der Waals surface area contributed by atoms with Crippen LogP contribution in [0.25, 0.3) is 0 Å². The van der Waals surface area contributed by atoms with Crippen LogP contribution in [0.15, 0.2) is 53.4 Å². The van der Waals surface area contributed by atoms with Crippen LogP contribution < -0.4 is 4.90 Å². The Morgan fingerprint density at radius 1 is 0.968 bits per heavy atom. The molecule has 7 nitrogen and oxygen atoms in total. The van der Waals surface area contributed by atoms with Gasteiger partial charge in [0.05, 0.1) is 10.5 Å². The predicted molar refractivity (Wildman–Crippen MR) is 116 cm³/mol. The van der Waals surface area contributed by atoms with E-state index in [1.54, 1.807) is 4.90 Å². The molecule has 2 aliphatic heterocycles. The van der Waals surface area contributed by atoms with Gasteiger partial charge in [0.25, 0.3) is 5.91 Å². The molecule has 2 aliphatic rings. The zero-order chi connectivity index (χ0) is 22.0. The SMILES string of the molecule is CC(OC(=O)c1cccc(S(=O)(=O)N2CCCCC2)c1)C(=O)N1CCc2ccccc21. The fraction of sp³-hybridized carbons (Fsp3) is 0.391. The number of rotatable bonds is 5. The van der Waals surface area contributed by atoms with Crippen LogP contribution in [0.2, 0.25) is 0 Å². The third kappa shape index (κ3) is 4.36. The van der Waals surface area contributed by atoms with Crippen molar-refractivity contribution < 1.29 is 22.7 Å². The molecule has 2 aromatic rings. The van der Waals surface area contributed by atoms with Crippen LogP contribution in [-0.2, 0) is 26.0 Å². The maximum absolute atomic E-state index is 12.9. The van der Waals surface area contributed by atoms with Crippen LogP contribution in [0.1, 0.15) is 42.1 Å². The van der Waals surface area contributed by atoms with E-state index < -0.39 is 22.1 Å². The van der Waals surface area contributed by atoms with Gasteiger partial charge in [0, 0.05) is 25.3 Å². The number of nitrogens with zero attached hydrogens (tertiary/aromatic N) is 2. The van der Waals surface area contributed by atoms with Crippen molar-refractivity contribution in [2.24, 2.45) is 0 Å². The number of benzene rings is 2. The molecule has 1 fully saturated rings. The lowest BCUT2D eigenvalue weighted by atomic mass is 10.2. The lowest BCUT2D eigenvalue weighted by Crippen LogP contribution is -2.39. The fourth-order valence-electron chi connectivity index (χ4n) is 4.10. The maximum Gasteiger partial charge on any atom is 0.338 e. The van der Waals surface area contributed by atoms with Gasteiger partial charge in [-0.2, -0.15) is 4.31 Å². The Labute approximate surface area is 182 Å². The number of sulfonamides is 1. The smallest absolute Gasteiger partial charge is 0.338 e. The second kappa shape index (κ2) is 8.80. The highest BCUT2D eigenvalue weighted by Crippen LogP contribution is 2.28. The number of ether oxygens (including phenoxy) is 1. The predicted octanol–water partition coefficient (Wildman–Crippen LogP) is 3.00. The van der Waals surface area contributed by atoms with Crippen molar-refractivity contribution in [1.29, 1.82) is 0 Å². The summed E-state index contributed by atoms with van der Waals surface area (Å²) in [6.45, 7) is 3.05. The highest BCUT2D eigenvalue weighted by Gasteiger charge is 2.31. The molecule has 1 atom stereocenters. The Balaban J connectivity index is 1.46. The summed E-state index contributed by atoms with van der Waals surface area (Å²) in [6, 6.07) is 13.5. The van der Waals surface area contributed by atoms with Gasteiger partial charge in [-0.15, -0.1) is 0 Å². The summed E-state index contributed by atoms with van der Waals surface area (Å²) < 4.78 is 32.6. The van der Waals surface area contributed by atoms with E-state index in [9.17, 15) is 18.0 Å². The summed E-state index contributed by atoms with van der Waals surface area (Å²) in [5, 5.41) is 0. The molecule has 0 radical (unpaired) electrons. The van der Waals surface area contributed by atoms with Crippen LogP contribution in [0, 0.1) is 0 Å². The van der Waals surface area contributed by atoms with Crippen molar-refractivity contribution in [3.05, 3.63) is 59.7 Å². The highest BCUT2D eigenvalue weighted by molar-refractivity contribution is 7.89. The average molecular weight is 443 g/mol. The number of amides is 1. The Morgan fingerprint density at radius 3 is 2.48 bits per heavy atom. The van der Waals surface area contributed by atoms with Gasteiger partial charge in [0.1, 0.15) is 0 Å². The molecule has 0 saturated carbocycles. The molecule has 2 heterocycles. The summed E-state index contributed by atoms with van der Waals surface area (Å²) >= 11 is 0. The number of piperidine rings is 1. The van der Waals surface area contributed by atoms with Crippen LogP contribution in [0.4, 0.5) is 5.69 Å². The summed E-state index contributed by atoms with van der Waals surface area (Å²) in [7, 11) is -3.66. The molecule has 0 aromatic heterocycles. The molecule has 31 heavy (non-hydrogen) atoms. The van der Waals surface area contributed by atoms with Crippen molar-refractivity contribution >= 4 is 27.6 Å². The summed E-state index contributed by atoms with van der Waals surface area (Å²) in [6.07, 6.45) is 2.46. The monoisotopic (exact) mass is 442 g/mol. The summed E-state index contributed by atoms with van der Waals surface area (Å²) in [4.78, 5) is 27.2. The first kappa shape index (κ1) is 21.5. The maximum atomic E-state index is 12.9. The van der Waals surface area contributed by atoms with E-state index in [1.165, 1.54) is 35.5 Å². The normalized spacial score (nSPS) is 17.8. The van der Waals surface area contributed by atoms with Crippen molar-refractivity contribution in [2.45, 2.75) is 43.6 Å². The first-order chi connectivity index (χ1) is 14.9. The number of fused-ring (bicyclic) bond motifs is 1. The van der Waals surface area contributed by atoms with E-state index in [0.717, 1.165) is 36.9 Å². The second-order valence-electron chi connectivity index (χ2n) is 7.91.